The van der Waals surface area contributed by atoms with E-state index in [4.69, 9.17) is 0 Å². The van der Waals surface area contributed by atoms with Gasteiger partial charge in [0, 0.05) is 31.9 Å². The Morgan fingerprint density at radius 3 is 2.80 bits per heavy atom. The van der Waals surface area contributed by atoms with Crippen LogP contribution in [-0.2, 0) is 6.18 Å². The first-order chi connectivity index (χ1) is 9.47. The highest BCUT2D eigenvalue weighted by molar-refractivity contribution is 5.94. The summed E-state index contributed by atoms with van der Waals surface area (Å²) >= 11 is 0. The average molecular weight is 285 g/mol. The number of fused-ring (bicyclic) bond motifs is 1. The highest BCUT2D eigenvalue weighted by atomic mass is 19.4. The van der Waals surface area contributed by atoms with E-state index in [1.165, 1.54) is 11.0 Å². The molecular formula is C13H14F3N3O. The molecule has 3 rings (SSSR count). The molecule has 1 unspecified atom stereocenters. The molecule has 20 heavy (non-hydrogen) atoms. The zero-order valence-corrected chi connectivity index (χ0v) is 10.7. The molecule has 1 N–H and O–H groups in total. The Morgan fingerprint density at radius 2 is 2.10 bits per heavy atom. The number of alkyl halides is 3. The second kappa shape index (κ2) is 4.66. The molecule has 0 aliphatic carbocycles. The number of amides is 2. The smallest absolute Gasteiger partial charge is 0.317 e. The van der Waals surface area contributed by atoms with Crippen molar-refractivity contribution in [1.82, 2.24) is 10.2 Å². The molecule has 0 bridgehead atoms. The zero-order valence-electron chi connectivity index (χ0n) is 10.7. The number of carbonyl (C=O) groups is 1. The molecule has 2 saturated heterocycles. The predicted molar refractivity (Wildman–Crippen MR) is 67.5 cm³/mol. The number of halogens is 3. The molecule has 2 aliphatic rings. The lowest BCUT2D eigenvalue weighted by molar-refractivity contribution is -0.137. The molecule has 2 amide bonds. The molecule has 7 heteroatoms. The average Bonchev–Trinajstić information content (AvgIpc) is 2.76. The summed E-state index contributed by atoms with van der Waals surface area (Å²) in [6, 6.07) is 4.74. The van der Waals surface area contributed by atoms with Gasteiger partial charge in [-0.1, -0.05) is 6.07 Å². The molecule has 2 aliphatic heterocycles. The van der Waals surface area contributed by atoms with Crippen molar-refractivity contribution in [2.45, 2.75) is 12.2 Å². The number of hydrogen-bond donors (Lipinski definition) is 1. The van der Waals surface area contributed by atoms with Crippen LogP contribution in [0.15, 0.2) is 24.3 Å². The Morgan fingerprint density at radius 1 is 1.30 bits per heavy atom. The van der Waals surface area contributed by atoms with Crippen LogP contribution in [0.4, 0.5) is 23.7 Å². The van der Waals surface area contributed by atoms with Crippen molar-refractivity contribution < 1.29 is 18.0 Å². The summed E-state index contributed by atoms with van der Waals surface area (Å²) in [5.41, 5.74) is -0.426. The van der Waals surface area contributed by atoms with Crippen LogP contribution in [0.1, 0.15) is 5.56 Å². The summed E-state index contributed by atoms with van der Waals surface area (Å²) in [4.78, 5) is 15.4. The summed E-state index contributed by atoms with van der Waals surface area (Å²) in [5.74, 6) is 0. The van der Waals surface area contributed by atoms with Crippen LogP contribution in [0, 0.1) is 0 Å². The van der Waals surface area contributed by atoms with Crippen LogP contribution in [0.3, 0.4) is 0 Å². The van der Waals surface area contributed by atoms with Crippen LogP contribution in [0.25, 0.3) is 0 Å². The van der Waals surface area contributed by atoms with Gasteiger partial charge in [-0.15, -0.1) is 0 Å². The third-order valence-electron chi connectivity index (χ3n) is 3.71. The number of benzene rings is 1. The van der Waals surface area contributed by atoms with Crippen molar-refractivity contribution >= 4 is 11.7 Å². The number of nitrogens with one attached hydrogen (secondary N) is 1. The van der Waals surface area contributed by atoms with Crippen LogP contribution in [0.2, 0.25) is 0 Å². The Labute approximate surface area is 114 Å². The van der Waals surface area contributed by atoms with Gasteiger partial charge < -0.3 is 10.2 Å². The third-order valence-corrected chi connectivity index (χ3v) is 3.71. The van der Waals surface area contributed by atoms with Gasteiger partial charge >= 0.3 is 12.2 Å². The van der Waals surface area contributed by atoms with Crippen molar-refractivity contribution in [3.8, 4) is 0 Å². The molecule has 0 radical (unpaired) electrons. The predicted octanol–water partition coefficient (Wildman–Crippen LogP) is 1.92. The fourth-order valence-electron chi connectivity index (χ4n) is 2.69. The minimum absolute atomic E-state index is 0.0331. The molecule has 0 saturated carbocycles. The Kier molecular flexibility index (Phi) is 3.08. The Hall–Kier alpha value is -1.76. The summed E-state index contributed by atoms with van der Waals surface area (Å²) in [5, 5.41) is 3.18. The van der Waals surface area contributed by atoms with E-state index in [2.05, 4.69) is 5.32 Å². The van der Waals surface area contributed by atoms with Gasteiger partial charge in [0.15, 0.2) is 0 Å². The number of urea groups is 1. The van der Waals surface area contributed by atoms with Crippen molar-refractivity contribution in [1.29, 1.82) is 0 Å². The lowest BCUT2D eigenvalue weighted by Crippen LogP contribution is -2.49. The highest BCUT2D eigenvalue weighted by Crippen LogP contribution is 2.33. The molecule has 0 spiro atoms. The van der Waals surface area contributed by atoms with Gasteiger partial charge in [0.2, 0.25) is 0 Å². The van der Waals surface area contributed by atoms with E-state index in [-0.39, 0.29) is 12.1 Å². The van der Waals surface area contributed by atoms with E-state index >= 15 is 0 Å². The van der Waals surface area contributed by atoms with E-state index in [0.29, 0.717) is 25.3 Å². The molecule has 2 fully saturated rings. The molecule has 1 atom stereocenters. The van der Waals surface area contributed by atoms with Crippen molar-refractivity contribution in [2.75, 3.05) is 31.1 Å². The zero-order chi connectivity index (χ0) is 14.3. The Bertz CT molecular complexity index is 532. The van der Waals surface area contributed by atoms with E-state index in [1.54, 1.807) is 11.0 Å². The molecule has 4 nitrogen and oxygen atoms in total. The topological polar surface area (TPSA) is 35.6 Å². The monoisotopic (exact) mass is 285 g/mol. The second-order valence-electron chi connectivity index (χ2n) is 4.99. The van der Waals surface area contributed by atoms with Gasteiger partial charge in [-0.05, 0) is 18.2 Å². The van der Waals surface area contributed by atoms with E-state index in [9.17, 15) is 18.0 Å². The van der Waals surface area contributed by atoms with Gasteiger partial charge in [-0.3, -0.25) is 4.90 Å². The minimum atomic E-state index is -4.40. The maximum Gasteiger partial charge on any atom is 0.416 e. The first-order valence-electron chi connectivity index (χ1n) is 6.43. The summed E-state index contributed by atoms with van der Waals surface area (Å²) in [7, 11) is 0. The molecule has 2 heterocycles. The van der Waals surface area contributed by atoms with Gasteiger partial charge in [0.1, 0.15) is 0 Å². The number of hydrogen-bond acceptors (Lipinski definition) is 2. The van der Waals surface area contributed by atoms with Crippen molar-refractivity contribution in [3.63, 3.8) is 0 Å². The standard InChI is InChI=1S/C13H14F3N3O/c14-13(15,16)9-2-1-3-10(6-9)19-8-11-7-17-4-5-18(11)12(19)20/h1-3,6,11,17H,4-5,7-8H2. The van der Waals surface area contributed by atoms with Crippen molar-refractivity contribution in [3.05, 3.63) is 29.8 Å². The molecule has 108 valence electrons. The summed E-state index contributed by atoms with van der Waals surface area (Å²) in [6.45, 7) is 2.42. The van der Waals surface area contributed by atoms with Crippen LogP contribution in [0.5, 0.6) is 0 Å². The second-order valence-corrected chi connectivity index (χ2v) is 4.99. The van der Waals surface area contributed by atoms with Crippen molar-refractivity contribution in [2.24, 2.45) is 0 Å². The highest BCUT2D eigenvalue weighted by Gasteiger charge is 2.40. The lowest BCUT2D eigenvalue weighted by Gasteiger charge is -2.28. The summed E-state index contributed by atoms with van der Waals surface area (Å²) in [6.07, 6.45) is -4.40. The number of rotatable bonds is 1. The van der Waals surface area contributed by atoms with Crippen LogP contribution < -0.4 is 10.2 Å². The number of carbonyl (C=O) groups excluding carboxylic acids is 1. The number of anilines is 1. The fraction of sp³-hybridized carbons (Fsp3) is 0.462. The molecule has 1 aromatic carbocycles. The third kappa shape index (κ3) is 2.22. The van der Waals surface area contributed by atoms with E-state index in [0.717, 1.165) is 18.7 Å². The first-order valence-corrected chi connectivity index (χ1v) is 6.43. The SMILES string of the molecule is O=C1N(c2cccc(C(F)(F)F)c2)CC2CNCCN12. The minimum Gasteiger partial charge on any atom is -0.317 e. The molecule has 1 aromatic rings. The molecular weight excluding hydrogens is 271 g/mol. The van der Waals surface area contributed by atoms with Gasteiger partial charge in [-0.2, -0.15) is 13.2 Å². The van der Waals surface area contributed by atoms with E-state index < -0.39 is 11.7 Å². The normalized spacial score (nSPS) is 23.1. The van der Waals surface area contributed by atoms with Gasteiger partial charge in [-0.25, -0.2) is 4.79 Å². The van der Waals surface area contributed by atoms with Crippen LogP contribution in [-0.4, -0.2) is 43.2 Å². The van der Waals surface area contributed by atoms with Gasteiger partial charge in [0.05, 0.1) is 11.6 Å². The lowest BCUT2D eigenvalue weighted by atomic mass is 10.1. The largest absolute Gasteiger partial charge is 0.416 e. The fourth-order valence-corrected chi connectivity index (χ4v) is 2.69. The maximum atomic E-state index is 12.7. The van der Waals surface area contributed by atoms with E-state index in [1.807, 2.05) is 0 Å². The number of nitrogens with zero attached hydrogens (tertiary/aromatic N) is 2. The number of piperazine rings is 1. The van der Waals surface area contributed by atoms with Crippen LogP contribution >= 0.6 is 0 Å². The molecule has 0 aromatic heterocycles. The Balaban J connectivity index is 1.88. The first kappa shape index (κ1) is 13.2. The summed E-state index contributed by atoms with van der Waals surface area (Å²) < 4.78 is 38.2. The van der Waals surface area contributed by atoms with Gasteiger partial charge in [0.25, 0.3) is 0 Å². The maximum absolute atomic E-state index is 12.7. The quantitative estimate of drug-likeness (QED) is 0.855.